The van der Waals surface area contributed by atoms with Crippen LogP contribution in [0.4, 0.5) is 11.4 Å². The zero-order valence-electron chi connectivity index (χ0n) is 19.5. The molecule has 1 aliphatic carbocycles. The van der Waals surface area contributed by atoms with Crippen LogP contribution < -0.4 is 15.0 Å². The molecule has 0 fully saturated rings. The number of para-hydroxylation sites is 2. The van der Waals surface area contributed by atoms with Gasteiger partial charge < -0.3 is 10.1 Å². The van der Waals surface area contributed by atoms with Gasteiger partial charge in [0.25, 0.3) is 0 Å². The van der Waals surface area contributed by atoms with Crippen LogP contribution in [0.25, 0.3) is 0 Å². The van der Waals surface area contributed by atoms with Crippen LogP contribution in [0.5, 0.6) is 5.75 Å². The summed E-state index contributed by atoms with van der Waals surface area (Å²) in [5.41, 5.74) is 5.27. The Labute approximate surface area is 200 Å². The summed E-state index contributed by atoms with van der Waals surface area (Å²) in [4.78, 5) is 29.0. The third-order valence-corrected chi connectivity index (χ3v) is 6.76. The van der Waals surface area contributed by atoms with Crippen LogP contribution in [0, 0.1) is 0 Å². The van der Waals surface area contributed by atoms with Crippen molar-refractivity contribution in [1.82, 2.24) is 0 Å². The fourth-order valence-corrected chi connectivity index (χ4v) is 5.10. The van der Waals surface area contributed by atoms with E-state index >= 15 is 0 Å². The molecule has 0 spiro atoms. The van der Waals surface area contributed by atoms with Crippen molar-refractivity contribution in [2.45, 2.75) is 38.1 Å². The topological polar surface area (TPSA) is 58.6 Å². The number of benzene rings is 3. The van der Waals surface area contributed by atoms with Gasteiger partial charge in [-0.15, -0.1) is 0 Å². The second-order valence-corrected chi connectivity index (χ2v) is 8.77. The van der Waals surface area contributed by atoms with Gasteiger partial charge in [-0.3, -0.25) is 14.5 Å². The number of hydrogen-bond donors (Lipinski definition) is 1. The Hall–Kier alpha value is -3.86. The third-order valence-electron chi connectivity index (χ3n) is 6.76. The molecule has 0 saturated carbocycles. The van der Waals surface area contributed by atoms with Gasteiger partial charge in [0.2, 0.25) is 5.91 Å². The molecule has 34 heavy (non-hydrogen) atoms. The van der Waals surface area contributed by atoms with Crippen LogP contribution in [-0.2, 0) is 9.59 Å². The van der Waals surface area contributed by atoms with Crippen LogP contribution in [0.2, 0.25) is 0 Å². The van der Waals surface area contributed by atoms with Crippen molar-refractivity contribution in [1.29, 1.82) is 0 Å². The van der Waals surface area contributed by atoms with E-state index in [1.54, 1.807) is 7.11 Å². The highest BCUT2D eigenvalue weighted by molar-refractivity contribution is 6.06. The summed E-state index contributed by atoms with van der Waals surface area (Å²) >= 11 is 0. The number of nitrogens with one attached hydrogen (secondary N) is 1. The molecule has 172 valence electrons. The van der Waals surface area contributed by atoms with Crippen LogP contribution in [0.15, 0.2) is 90.1 Å². The largest absolute Gasteiger partial charge is 0.497 e. The first-order valence-corrected chi connectivity index (χ1v) is 11.7. The predicted molar refractivity (Wildman–Crippen MR) is 134 cm³/mol. The van der Waals surface area contributed by atoms with E-state index in [0.717, 1.165) is 33.9 Å². The number of carbonyl (C=O) groups is 2. The van der Waals surface area contributed by atoms with Crippen molar-refractivity contribution in [3.63, 3.8) is 0 Å². The van der Waals surface area contributed by atoms with Gasteiger partial charge in [-0.1, -0.05) is 61.5 Å². The fourth-order valence-electron chi connectivity index (χ4n) is 5.10. The van der Waals surface area contributed by atoms with Gasteiger partial charge in [-0.25, -0.2) is 0 Å². The molecular weight excluding hydrogens is 424 g/mol. The monoisotopic (exact) mass is 452 g/mol. The Kier molecular flexibility index (Phi) is 5.93. The minimum absolute atomic E-state index is 0.0121. The van der Waals surface area contributed by atoms with E-state index in [9.17, 15) is 9.59 Å². The maximum Gasteiger partial charge on any atom is 0.227 e. The van der Waals surface area contributed by atoms with Crippen LogP contribution in [0.3, 0.4) is 0 Å². The first-order valence-electron chi connectivity index (χ1n) is 11.7. The van der Waals surface area contributed by atoms with E-state index in [0.29, 0.717) is 24.8 Å². The summed E-state index contributed by atoms with van der Waals surface area (Å²) in [6, 6.07) is 25.2. The average molecular weight is 453 g/mol. The molecule has 2 unspecified atom stereocenters. The van der Waals surface area contributed by atoms with Gasteiger partial charge in [0.1, 0.15) is 5.75 Å². The van der Waals surface area contributed by atoms with E-state index in [-0.39, 0.29) is 17.6 Å². The lowest BCUT2D eigenvalue weighted by atomic mass is 9.78. The molecule has 5 rings (SSSR count). The van der Waals surface area contributed by atoms with E-state index in [2.05, 4.69) is 5.32 Å². The Balaban J connectivity index is 1.66. The lowest BCUT2D eigenvalue weighted by molar-refractivity contribution is -0.119. The average Bonchev–Trinajstić information content (AvgIpc) is 3.03. The first-order chi connectivity index (χ1) is 16.6. The molecular formula is C29H28N2O3. The Morgan fingerprint density at radius 2 is 1.65 bits per heavy atom. The van der Waals surface area contributed by atoms with Crippen LogP contribution >= 0.6 is 0 Å². The smallest absolute Gasteiger partial charge is 0.227 e. The number of carbonyl (C=O) groups excluding carboxylic acids is 2. The van der Waals surface area contributed by atoms with Gasteiger partial charge in [0, 0.05) is 24.1 Å². The lowest BCUT2D eigenvalue weighted by Crippen LogP contribution is -2.38. The normalized spacial score (nSPS) is 19.6. The number of fused-ring (bicyclic) bond motifs is 1. The van der Waals surface area contributed by atoms with Gasteiger partial charge in [-0.05, 0) is 47.7 Å². The first kappa shape index (κ1) is 22.0. The van der Waals surface area contributed by atoms with Gasteiger partial charge in [-0.2, -0.15) is 0 Å². The Morgan fingerprint density at radius 3 is 2.35 bits per heavy atom. The minimum atomic E-state index is -0.468. The SMILES string of the molecule is CCC(=O)N1c2ccccc2NC2=C(C(=O)CC(c3ccc(OC)cc3)C2)C1c1ccccc1. The summed E-state index contributed by atoms with van der Waals surface area (Å²) in [6.07, 6.45) is 1.45. The van der Waals surface area contributed by atoms with Gasteiger partial charge in [0.05, 0.1) is 24.5 Å². The van der Waals surface area contributed by atoms with Crippen LogP contribution in [0.1, 0.15) is 49.3 Å². The van der Waals surface area contributed by atoms with Gasteiger partial charge in [0.15, 0.2) is 5.78 Å². The Bertz CT molecular complexity index is 1250. The summed E-state index contributed by atoms with van der Waals surface area (Å²) in [5, 5.41) is 3.56. The number of anilines is 2. The van der Waals surface area contributed by atoms with Crippen molar-refractivity contribution in [3.05, 3.63) is 101 Å². The maximum absolute atomic E-state index is 13.8. The highest BCUT2D eigenvalue weighted by atomic mass is 16.5. The van der Waals surface area contributed by atoms with E-state index in [1.807, 2.05) is 90.7 Å². The van der Waals surface area contributed by atoms with Crippen molar-refractivity contribution in [3.8, 4) is 5.75 Å². The van der Waals surface area contributed by atoms with E-state index in [1.165, 1.54) is 0 Å². The maximum atomic E-state index is 13.8. The highest BCUT2D eigenvalue weighted by Crippen LogP contribution is 2.47. The molecule has 0 saturated heterocycles. The molecule has 2 aliphatic rings. The quantitative estimate of drug-likeness (QED) is 0.527. The molecule has 5 nitrogen and oxygen atoms in total. The standard InChI is InChI=1S/C29H28N2O3/c1-3-27(33)31-25-12-8-7-11-23(25)30-24-17-21(19-13-15-22(34-2)16-14-19)18-26(32)28(24)29(31)20-9-5-4-6-10-20/h4-16,21,29-30H,3,17-18H2,1-2H3. The number of hydrogen-bond acceptors (Lipinski definition) is 4. The molecule has 3 aromatic rings. The summed E-state index contributed by atoms with van der Waals surface area (Å²) in [6.45, 7) is 1.86. The predicted octanol–water partition coefficient (Wildman–Crippen LogP) is 6.01. The summed E-state index contributed by atoms with van der Waals surface area (Å²) < 4.78 is 5.30. The number of ether oxygens (including phenoxy) is 1. The molecule has 0 radical (unpaired) electrons. The van der Waals surface area contributed by atoms with Crippen molar-refractivity contribution >= 4 is 23.1 Å². The van der Waals surface area contributed by atoms with Crippen LogP contribution in [-0.4, -0.2) is 18.8 Å². The fraction of sp³-hybridized carbons (Fsp3) is 0.241. The zero-order chi connectivity index (χ0) is 23.7. The molecule has 0 aromatic heterocycles. The molecule has 2 atom stereocenters. The highest BCUT2D eigenvalue weighted by Gasteiger charge is 2.41. The second-order valence-electron chi connectivity index (χ2n) is 8.77. The number of amides is 1. The van der Waals surface area contributed by atoms with Crippen molar-refractivity contribution < 1.29 is 14.3 Å². The molecule has 5 heteroatoms. The lowest BCUT2D eigenvalue weighted by Gasteiger charge is -2.35. The van der Waals surface area contributed by atoms with E-state index in [4.69, 9.17) is 4.74 Å². The number of rotatable bonds is 4. The second kappa shape index (κ2) is 9.18. The minimum Gasteiger partial charge on any atom is -0.497 e. The third kappa shape index (κ3) is 3.87. The summed E-state index contributed by atoms with van der Waals surface area (Å²) in [7, 11) is 1.65. The molecule has 3 aromatic carbocycles. The molecule has 1 aliphatic heterocycles. The number of ketones is 1. The number of Topliss-reactive ketones (excluding diaryl/α,β-unsaturated/α-hetero) is 1. The van der Waals surface area contributed by atoms with Crippen molar-refractivity contribution in [2.75, 3.05) is 17.3 Å². The van der Waals surface area contributed by atoms with Gasteiger partial charge >= 0.3 is 0 Å². The number of methoxy groups -OCH3 is 1. The summed E-state index contributed by atoms with van der Waals surface area (Å²) in [5.74, 6) is 0.916. The molecule has 1 heterocycles. The molecule has 1 amide bonds. The van der Waals surface area contributed by atoms with E-state index < -0.39 is 6.04 Å². The Morgan fingerprint density at radius 1 is 0.941 bits per heavy atom. The molecule has 0 bridgehead atoms. The van der Waals surface area contributed by atoms with Crippen molar-refractivity contribution in [2.24, 2.45) is 0 Å². The number of allylic oxidation sites excluding steroid dienone is 1. The zero-order valence-corrected chi connectivity index (χ0v) is 19.5. The number of nitrogens with zero attached hydrogens (tertiary/aromatic N) is 1. The molecule has 1 N–H and O–H groups in total.